The summed E-state index contributed by atoms with van der Waals surface area (Å²) in [5, 5.41) is 11.9. The summed E-state index contributed by atoms with van der Waals surface area (Å²) in [6.45, 7) is 1.99. The van der Waals surface area contributed by atoms with Crippen molar-refractivity contribution >= 4 is 39.1 Å². The highest BCUT2D eigenvalue weighted by Gasteiger charge is 2.21. The van der Waals surface area contributed by atoms with Gasteiger partial charge in [-0.1, -0.05) is 24.3 Å². The second-order valence-corrected chi connectivity index (χ2v) is 8.77. The number of thiazole rings is 1. The molecule has 11 heteroatoms. The van der Waals surface area contributed by atoms with Gasteiger partial charge in [-0.3, -0.25) is 4.79 Å². The van der Waals surface area contributed by atoms with Gasteiger partial charge >= 0.3 is 0 Å². The zero-order chi connectivity index (χ0) is 23.3. The van der Waals surface area contributed by atoms with E-state index in [2.05, 4.69) is 10.3 Å². The number of anilines is 2. The number of nitrogens with one attached hydrogen (secondary N) is 1. The van der Waals surface area contributed by atoms with Crippen LogP contribution >= 0.6 is 11.3 Å². The van der Waals surface area contributed by atoms with Crippen LogP contribution in [0.25, 0.3) is 0 Å². The molecule has 166 valence electrons. The summed E-state index contributed by atoms with van der Waals surface area (Å²) < 4.78 is 45.5. The summed E-state index contributed by atoms with van der Waals surface area (Å²) in [4.78, 5) is 19.2. The second-order valence-electron chi connectivity index (χ2n) is 6.66. The van der Waals surface area contributed by atoms with Crippen molar-refractivity contribution in [1.29, 1.82) is 5.26 Å². The molecule has 7 nitrogen and oxygen atoms in total. The molecular formula is C21H18F2N4O3S2. The summed E-state index contributed by atoms with van der Waals surface area (Å²) in [5.74, 6) is -0.991. The van der Waals surface area contributed by atoms with Crippen LogP contribution in [0.5, 0.6) is 0 Å². The fourth-order valence-corrected chi connectivity index (χ4v) is 4.04. The Hall–Kier alpha value is -3.20. The van der Waals surface area contributed by atoms with Crippen LogP contribution in [-0.2, 0) is 17.6 Å². The molecule has 1 amide bonds. The third kappa shape index (κ3) is 5.73. The number of alkyl halides is 2. The maximum atomic E-state index is 12.9. The summed E-state index contributed by atoms with van der Waals surface area (Å²) in [5.41, 5.74) is 1.96. The molecule has 0 saturated heterocycles. The van der Waals surface area contributed by atoms with Gasteiger partial charge in [0, 0.05) is 16.1 Å². The van der Waals surface area contributed by atoms with E-state index < -0.39 is 29.3 Å². The third-order valence-corrected chi connectivity index (χ3v) is 5.85. The largest absolute Gasteiger partial charge is 0.337 e. The van der Waals surface area contributed by atoms with Crippen molar-refractivity contribution in [2.24, 2.45) is 0 Å². The number of nitrogens with zero attached hydrogens (tertiary/aromatic N) is 3. The van der Waals surface area contributed by atoms with Gasteiger partial charge in [0.2, 0.25) is 0 Å². The first kappa shape index (κ1) is 23.5. The van der Waals surface area contributed by atoms with Crippen LogP contribution in [0.2, 0.25) is 0 Å². The predicted octanol–water partition coefficient (Wildman–Crippen LogP) is 4.51. The average Bonchev–Trinajstić information content (AvgIpc) is 3.17. The highest BCUT2D eigenvalue weighted by atomic mass is 32.2. The first-order valence-corrected chi connectivity index (χ1v) is 11.4. The van der Waals surface area contributed by atoms with E-state index in [0.29, 0.717) is 21.3 Å². The SMILES string of the molecule is Cc1sc(N(Cc2ccc(C(F)F)cc2)c2ccc(C#N)cc2)nc1C(=O)NCS(=O)O. The molecule has 2 N–H and O–H groups in total. The van der Waals surface area contributed by atoms with Crippen molar-refractivity contribution in [3.63, 3.8) is 0 Å². The number of amides is 1. The number of halogens is 2. The van der Waals surface area contributed by atoms with Crippen molar-refractivity contribution in [2.45, 2.75) is 19.9 Å². The standard InChI is InChI=1S/C21H18F2N4O3S2/c1-13-18(20(28)25-12-32(29)30)26-21(31-13)27(17-8-4-14(10-24)5-9-17)11-15-2-6-16(7-3-15)19(22)23/h2-9,19H,11-12H2,1H3,(H,25,28)(H,29,30). The molecule has 0 aliphatic carbocycles. The highest BCUT2D eigenvalue weighted by Crippen LogP contribution is 2.33. The fraction of sp³-hybridized carbons (Fsp3) is 0.190. The van der Waals surface area contributed by atoms with Crippen LogP contribution in [0, 0.1) is 18.3 Å². The molecular weight excluding hydrogens is 458 g/mol. The molecule has 0 spiro atoms. The number of rotatable bonds is 8. The average molecular weight is 477 g/mol. The van der Waals surface area contributed by atoms with E-state index in [1.165, 1.54) is 23.5 Å². The molecule has 3 aromatic rings. The number of aromatic nitrogens is 1. The summed E-state index contributed by atoms with van der Waals surface area (Å²) in [6, 6.07) is 14.7. The highest BCUT2D eigenvalue weighted by molar-refractivity contribution is 7.79. The quantitative estimate of drug-likeness (QED) is 0.464. The second kappa shape index (κ2) is 10.4. The zero-order valence-electron chi connectivity index (χ0n) is 16.8. The van der Waals surface area contributed by atoms with E-state index in [9.17, 15) is 17.8 Å². The van der Waals surface area contributed by atoms with Gasteiger partial charge < -0.3 is 14.8 Å². The lowest BCUT2D eigenvalue weighted by atomic mass is 10.1. The normalized spacial score (nSPS) is 11.8. The number of nitriles is 1. The monoisotopic (exact) mass is 476 g/mol. The first-order chi connectivity index (χ1) is 15.3. The van der Waals surface area contributed by atoms with E-state index >= 15 is 0 Å². The Kier molecular flexibility index (Phi) is 7.63. The Labute approximate surface area is 189 Å². The number of hydrogen-bond donors (Lipinski definition) is 2. The summed E-state index contributed by atoms with van der Waals surface area (Å²) >= 11 is -0.932. The fourth-order valence-electron chi connectivity index (χ4n) is 2.86. The number of carbonyl (C=O) groups is 1. The Bertz CT molecular complexity index is 1160. The lowest BCUT2D eigenvalue weighted by Gasteiger charge is -2.22. The van der Waals surface area contributed by atoms with Crippen LogP contribution in [0.3, 0.4) is 0 Å². The minimum Gasteiger partial charge on any atom is -0.337 e. The van der Waals surface area contributed by atoms with Gasteiger partial charge in [-0.25, -0.2) is 18.0 Å². The smallest absolute Gasteiger partial charge is 0.271 e. The lowest BCUT2D eigenvalue weighted by molar-refractivity contribution is 0.0955. The Morgan fingerprint density at radius 1 is 1.25 bits per heavy atom. The van der Waals surface area contributed by atoms with Gasteiger partial charge in [0.05, 0.1) is 18.2 Å². The van der Waals surface area contributed by atoms with Crippen LogP contribution in [0.1, 0.15) is 38.5 Å². The molecule has 0 bridgehead atoms. The lowest BCUT2D eigenvalue weighted by Crippen LogP contribution is -2.27. The molecule has 1 heterocycles. The number of aryl methyl sites for hydroxylation is 1. The molecule has 3 rings (SSSR count). The molecule has 32 heavy (non-hydrogen) atoms. The van der Waals surface area contributed by atoms with Crippen LogP contribution in [0.15, 0.2) is 48.5 Å². The van der Waals surface area contributed by atoms with E-state index in [-0.39, 0.29) is 17.8 Å². The Morgan fingerprint density at radius 3 is 2.47 bits per heavy atom. The van der Waals surface area contributed by atoms with Crippen LogP contribution < -0.4 is 10.2 Å². The van der Waals surface area contributed by atoms with Gasteiger partial charge in [-0.05, 0) is 36.8 Å². The van der Waals surface area contributed by atoms with E-state index in [1.54, 1.807) is 48.2 Å². The Morgan fingerprint density at radius 2 is 1.91 bits per heavy atom. The molecule has 2 aromatic carbocycles. The van der Waals surface area contributed by atoms with Crippen molar-refractivity contribution in [3.8, 4) is 6.07 Å². The molecule has 0 radical (unpaired) electrons. The molecule has 0 saturated carbocycles. The predicted molar refractivity (Wildman–Crippen MR) is 118 cm³/mol. The molecule has 0 aliphatic rings. The van der Waals surface area contributed by atoms with Gasteiger partial charge in [0.25, 0.3) is 12.3 Å². The Balaban J connectivity index is 1.95. The minimum atomic E-state index is -2.56. The molecule has 0 aliphatic heterocycles. The van der Waals surface area contributed by atoms with E-state index in [4.69, 9.17) is 9.81 Å². The van der Waals surface area contributed by atoms with Crippen LogP contribution in [-0.4, -0.2) is 25.5 Å². The third-order valence-electron chi connectivity index (χ3n) is 4.47. The topological polar surface area (TPSA) is 106 Å². The summed E-state index contributed by atoms with van der Waals surface area (Å²) in [7, 11) is 0. The molecule has 0 fully saturated rings. The van der Waals surface area contributed by atoms with Gasteiger partial charge in [0.1, 0.15) is 11.6 Å². The van der Waals surface area contributed by atoms with Crippen molar-refractivity contribution in [3.05, 3.63) is 75.8 Å². The van der Waals surface area contributed by atoms with Gasteiger partial charge in [-0.2, -0.15) is 5.26 Å². The zero-order valence-corrected chi connectivity index (χ0v) is 18.4. The molecule has 1 atom stereocenters. The van der Waals surface area contributed by atoms with Crippen molar-refractivity contribution < 1.29 is 22.3 Å². The van der Waals surface area contributed by atoms with E-state index in [0.717, 1.165) is 5.56 Å². The minimum absolute atomic E-state index is 0.0796. The maximum Gasteiger partial charge on any atom is 0.271 e. The van der Waals surface area contributed by atoms with Gasteiger partial charge in [0.15, 0.2) is 16.2 Å². The number of hydrogen-bond acceptors (Lipinski definition) is 6. The van der Waals surface area contributed by atoms with Gasteiger partial charge in [-0.15, -0.1) is 11.3 Å². The molecule has 1 aromatic heterocycles. The van der Waals surface area contributed by atoms with Crippen LogP contribution in [0.4, 0.5) is 19.6 Å². The van der Waals surface area contributed by atoms with Crippen molar-refractivity contribution in [1.82, 2.24) is 10.3 Å². The van der Waals surface area contributed by atoms with E-state index in [1.807, 2.05) is 6.07 Å². The maximum absolute atomic E-state index is 12.9. The van der Waals surface area contributed by atoms with Crippen molar-refractivity contribution in [2.75, 3.05) is 10.8 Å². The first-order valence-electron chi connectivity index (χ1n) is 9.26. The molecule has 1 unspecified atom stereocenters. The summed E-state index contributed by atoms with van der Waals surface area (Å²) in [6.07, 6.45) is -2.56. The number of benzene rings is 2. The number of carbonyl (C=O) groups excluding carboxylic acids is 1.